The standard InChI is InChI=1S/C27H28N4O/c1-17-11-23(32-3)15-24-20(16-29-27(17)24)5-4-6-26-28-10-9-22(31-26)14-19-7-8-25-21(13-19)12-18(2)30-25/h7-13,15-16,29-30H,4-6,14H2,1-3H3. The summed E-state index contributed by atoms with van der Waals surface area (Å²) < 4.78 is 5.45. The van der Waals surface area contributed by atoms with Gasteiger partial charge in [-0.25, -0.2) is 9.97 Å². The van der Waals surface area contributed by atoms with E-state index in [1.807, 2.05) is 12.3 Å². The van der Waals surface area contributed by atoms with Gasteiger partial charge in [-0.2, -0.15) is 0 Å². The zero-order valence-corrected chi connectivity index (χ0v) is 18.8. The molecule has 5 heteroatoms. The second-order valence-electron chi connectivity index (χ2n) is 8.55. The van der Waals surface area contributed by atoms with Crippen molar-refractivity contribution >= 4 is 21.8 Å². The van der Waals surface area contributed by atoms with Crippen molar-refractivity contribution in [2.75, 3.05) is 7.11 Å². The average Bonchev–Trinajstić information content (AvgIpc) is 3.36. The van der Waals surface area contributed by atoms with E-state index in [-0.39, 0.29) is 0 Å². The smallest absolute Gasteiger partial charge is 0.128 e. The molecule has 0 radical (unpaired) electrons. The summed E-state index contributed by atoms with van der Waals surface area (Å²) in [5, 5.41) is 2.49. The van der Waals surface area contributed by atoms with Crippen molar-refractivity contribution in [1.29, 1.82) is 0 Å². The molecule has 0 unspecified atom stereocenters. The van der Waals surface area contributed by atoms with Gasteiger partial charge in [-0.3, -0.25) is 0 Å². The number of nitrogens with one attached hydrogen (secondary N) is 2. The molecule has 0 spiro atoms. The highest BCUT2D eigenvalue weighted by Crippen LogP contribution is 2.28. The van der Waals surface area contributed by atoms with E-state index in [9.17, 15) is 0 Å². The summed E-state index contributed by atoms with van der Waals surface area (Å²) in [6, 6.07) is 15.0. The summed E-state index contributed by atoms with van der Waals surface area (Å²) in [5.74, 6) is 1.81. The van der Waals surface area contributed by atoms with E-state index >= 15 is 0 Å². The van der Waals surface area contributed by atoms with Crippen LogP contribution in [0.5, 0.6) is 5.75 Å². The van der Waals surface area contributed by atoms with Crippen LogP contribution in [-0.2, 0) is 19.3 Å². The zero-order chi connectivity index (χ0) is 22.1. The van der Waals surface area contributed by atoms with E-state index in [1.54, 1.807) is 7.11 Å². The summed E-state index contributed by atoms with van der Waals surface area (Å²) in [7, 11) is 1.72. The molecule has 2 aromatic carbocycles. The molecule has 5 aromatic rings. The third-order valence-electron chi connectivity index (χ3n) is 6.10. The number of nitrogens with zero attached hydrogens (tertiary/aromatic N) is 2. The Morgan fingerprint density at radius 2 is 1.91 bits per heavy atom. The van der Waals surface area contributed by atoms with Crippen LogP contribution in [0.4, 0.5) is 0 Å². The predicted octanol–water partition coefficient (Wildman–Crippen LogP) is 5.83. The molecule has 0 saturated carbocycles. The van der Waals surface area contributed by atoms with Crippen LogP contribution in [0.15, 0.2) is 54.9 Å². The van der Waals surface area contributed by atoms with Gasteiger partial charge in [0.25, 0.3) is 0 Å². The summed E-state index contributed by atoms with van der Waals surface area (Å²) in [6.07, 6.45) is 7.66. The minimum Gasteiger partial charge on any atom is -0.497 e. The molecule has 32 heavy (non-hydrogen) atoms. The molecule has 0 aliphatic rings. The van der Waals surface area contributed by atoms with E-state index in [4.69, 9.17) is 9.72 Å². The number of H-pyrrole nitrogens is 2. The molecule has 5 rings (SSSR count). The molecule has 0 fully saturated rings. The topological polar surface area (TPSA) is 66.6 Å². The van der Waals surface area contributed by atoms with Crippen LogP contribution in [0.25, 0.3) is 21.8 Å². The second kappa shape index (κ2) is 8.50. The lowest BCUT2D eigenvalue weighted by molar-refractivity contribution is 0.415. The largest absolute Gasteiger partial charge is 0.497 e. The second-order valence-corrected chi connectivity index (χ2v) is 8.55. The molecule has 0 aliphatic heterocycles. The van der Waals surface area contributed by atoms with E-state index in [2.05, 4.69) is 71.4 Å². The molecule has 0 aliphatic carbocycles. The van der Waals surface area contributed by atoms with E-state index in [0.717, 1.165) is 43.0 Å². The quantitative estimate of drug-likeness (QED) is 0.345. The Labute approximate surface area is 187 Å². The third kappa shape index (κ3) is 4.11. The molecule has 0 atom stereocenters. The van der Waals surface area contributed by atoms with Crippen LogP contribution in [0.1, 0.15) is 40.3 Å². The minimum absolute atomic E-state index is 0.817. The monoisotopic (exact) mass is 424 g/mol. The SMILES string of the molecule is COc1cc(C)c2[nH]cc(CCCc3nccc(Cc4ccc5[nH]c(C)cc5c4)n3)c2c1. The highest BCUT2D eigenvalue weighted by atomic mass is 16.5. The molecule has 0 bridgehead atoms. The van der Waals surface area contributed by atoms with Gasteiger partial charge in [-0.1, -0.05) is 6.07 Å². The number of aromatic amines is 2. The van der Waals surface area contributed by atoms with E-state index in [1.165, 1.54) is 44.2 Å². The molecular formula is C27H28N4O. The van der Waals surface area contributed by atoms with Gasteiger partial charge in [0.2, 0.25) is 0 Å². The van der Waals surface area contributed by atoms with Gasteiger partial charge in [0.05, 0.1) is 7.11 Å². The van der Waals surface area contributed by atoms with Gasteiger partial charge < -0.3 is 14.7 Å². The summed E-state index contributed by atoms with van der Waals surface area (Å²) in [4.78, 5) is 16.1. The number of ether oxygens (including phenoxy) is 1. The molecule has 2 N–H and O–H groups in total. The number of benzene rings is 2. The zero-order valence-electron chi connectivity index (χ0n) is 18.8. The van der Waals surface area contributed by atoms with Crippen LogP contribution in [0, 0.1) is 13.8 Å². The Kier molecular flexibility index (Phi) is 5.39. The first-order chi connectivity index (χ1) is 15.6. The minimum atomic E-state index is 0.817. The molecule has 162 valence electrons. The van der Waals surface area contributed by atoms with E-state index in [0.29, 0.717) is 0 Å². The lowest BCUT2D eigenvalue weighted by Gasteiger charge is -2.06. The van der Waals surface area contributed by atoms with Crippen LogP contribution in [0.3, 0.4) is 0 Å². The van der Waals surface area contributed by atoms with Crippen molar-refractivity contribution in [3.63, 3.8) is 0 Å². The number of hydrogen-bond acceptors (Lipinski definition) is 3. The first-order valence-electron chi connectivity index (χ1n) is 11.1. The van der Waals surface area contributed by atoms with Crippen LogP contribution in [-0.4, -0.2) is 27.0 Å². The molecule has 3 heterocycles. The van der Waals surface area contributed by atoms with Crippen LogP contribution < -0.4 is 4.74 Å². The van der Waals surface area contributed by atoms with Crippen LogP contribution >= 0.6 is 0 Å². The van der Waals surface area contributed by atoms with Gasteiger partial charge >= 0.3 is 0 Å². The Hall–Kier alpha value is -3.60. The number of methoxy groups -OCH3 is 1. The first-order valence-corrected chi connectivity index (χ1v) is 11.1. The predicted molar refractivity (Wildman–Crippen MR) is 129 cm³/mol. The Morgan fingerprint density at radius 1 is 1.00 bits per heavy atom. The molecule has 5 nitrogen and oxygen atoms in total. The maximum Gasteiger partial charge on any atom is 0.128 e. The summed E-state index contributed by atoms with van der Waals surface area (Å²) in [5.41, 5.74) is 8.40. The van der Waals surface area contributed by atoms with Gasteiger partial charge in [0, 0.05) is 53.0 Å². The van der Waals surface area contributed by atoms with Crippen molar-refractivity contribution in [3.05, 3.63) is 88.8 Å². The van der Waals surface area contributed by atoms with Gasteiger partial charge in [0.1, 0.15) is 11.6 Å². The molecular weight excluding hydrogens is 396 g/mol. The molecule has 3 aromatic heterocycles. The highest BCUT2D eigenvalue weighted by Gasteiger charge is 2.09. The Balaban J connectivity index is 1.26. The lowest BCUT2D eigenvalue weighted by Crippen LogP contribution is -2.01. The van der Waals surface area contributed by atoms with Crippen molar-refractivity contribution in [2.24, 2.45) is 0 Å². The van der Waals surface area contributed by atoms with Gasteiger partial charge in [-0.15, -0.1) is 0 Å². The number of rotatable bonds is 7. The number of aryl methyl sites for hydroxylation is 4. The third-order valence-corrected chi connectivity index (χ3v) is 6.10. The molecule has 0 amide bonds. The average molecular weight is 425 g/mol. The van der Waals surface area contributed by atoms with E-state index < -0.39 is 0 Å². The fourth-order valence-electron chi connectivity index (χ4n) is 4.50. The maximum absolute atomic E-state index is 5.45. The number of aromatic nitrogens is 4. The number of fused-ring (bicyclic) bond motifs is 2. The first kappa shape index (κ1) is 20.3. The van der Waals surface area contributed by atoms with Crippen molar-refractivity contribution in [1.82, 2.24) is 19.9 Å². The lowest BCUT2D eigenvalue weighted by atomic mass is 10.0. The fraction of sp³-hybridized carbons (Fsp3) is 0.259. The van der Waals surface area contributed by atoms with Crippen molar-refractivity contribution in [2.45, 2.75) is 39.5 Å². The van der Waals surface area contributed by atoms with Gasteiger partial charge in [-0.05, 0) is 85.2 Å². The molecule has 0 saturated heterocycles. The normalized spacial score (nSPS) is 11.5. The highest BCUT2D eigenvalue weighted by molar-refractivity contribution is 5.87. The van der Waals surface area contributed by atoms with Crippen molar-refractivity contribution in [3.8, 4) is 5.75 Å². The summed E-state index contributed by atoms with van der Waals surface area (Å²) >= 11 is 0. The Morgan fingerprint density at radius 3 is 2.78 bits per heavy atom. The van der Waals surface area contributed by atoms with Gasteiger partial charge in [0.15, 0.2) is 0 Å². The summed E-state index contributed by atoms with van der Waals surface area (Å²) in [6.45, 7) is 4.20. The Bertz CT molecular complexity index is 1400. The maximum atomic E-state index is 5.45. The van der Waals surface area contributed by atoms with Crippen LogP contribution in [0.2, 0.25) is 0 Å². The number of hydrogen-bond donors (Lipinski definition) is 2. The van der Waals surface area contributed by atoms with Crippen molar-refractivity contribution < 1.29 is 4.74 Å². The fourth-order valence-corrected chi connectivity index (χ4v) is 4.50.